The highest BCUT2D eigenvalue weighted by atomic mass is 32.2. The van der Waals surface area contributed by atoms with Gasteiger partial charge in [0, 0.05) is 11.1 Å². The van der Waals surface area contributed by atoms with E-state index in [9.17, 15) is 9.59 Å². The molecule has 0 aromatic carbocycles. The van der Waals surface area contributed by atoms with Crippen molar-refractivity contribution < 1.29 is 4.79 Å². The molecule has 0 saturated carbocycles. The Bertz CT molecular complexity index is 873. The van der Waals surface area contributed by atoms with Gasteiger partial charge in [-0.25, -0.2) is 9.97 Å². The molecule has 1 amide bonds. The molecule has 0 bridgehead atoms. The van der Waals surface area contributed by atoms with Gasteiger partial charge in [-0.3, -0.25) is 9.59 Å². The highest BCUT2D eigenvalue weighted by molar-refractivity contribution is 7.99. The molecule has 112 valence electrons. The van der Waals surface area contributed by atoms with Crippen LogP contribution in [0, 0.1) is 6.92 Å². The Hall–Kier alpha value is -2.19. The number of thiophene rings is 1. The van der Waals surface area contributed by atoms with Crippen molar-refractivity contribution >= 4 is 45.0 Å². The molecule has 22 heavy (non-hydrogen) atoms. The van der Waals surface area contributed by atoms with E-state index >= 15 is 0 Å². The van der Waals surface area contributed by atoms with Gasteiger partial charge in [0.05, 0.1) is 11.1 Å². The topological polar surface area (TPSA) is 87.7 Å². The lowest BCUT2D eigenvalue weighted by molar-refractivity contribution is -0.113. The third kappa shape index (κ3) is 3.34. The molecule has 2 N–H and O–H groups in total. The number of hydrogen-bond donors (Lipinski definition) is 2. The number of rotatable bonds is 4. The molecule has 3 heterocycles. The minimum atomic E-state index is -0.200. The summed E-state index contributed by atoms with van der Waals surface area (Å²) in [7, 11) is 0. The van der Waals surface area contributed by atoms with Gasteiger partial charge in [0.2, 0.25) is 5.91 Å². The zero-order chi connectivity index (χ0) is 15.5. The van der Waals surface area contributed by atoms with Gasteiger partial charge in [-0.15, -0.1) is 11.3 Å². The van der Waals surface area contributed by atoms with E-state index in [2.05, 4.69) is 20.3 Å². The van der Waals surface area contributed by atoms with Crippen molar-refractivity contribution in [3.8, 4) is 0 Å². The molecule has 3 rings (SSSR count). The van der Waals surface area contributed by atoms with Crippen LogP contribution in [0.4, 0.5) is 5.82 Å². The van der Waals surface area contributed by atoms with Gasteiger partial charge in [0.15, 0.2) is 5.16 Å². The maximum Gasteiger partial charge on any atom is 0.260 e. The molecule has 0 saturated heterocycles. The van der Waals surface area contributed by atoms with Gasteiger partial charge in [0.25, 0.3) is 5.56 Å². The molecule has 0 atom stereocenters. The third-order valence-corrected chi connectivity index (χ3v) is 4.59. The highest BCUT2D eigenvalue weighted by Crippen LogP contribution is 2.22. The van der Waals surface area contributed by atoms with E-state index in [1.54, 1.807) is 24.4 Å². The molecule has 0 spiro atoms. The average molecular weight is 332 g/mol. The number of thioether (sulfide) groups is 1. The summed E-state index contributed by atoms with van der Waals surface area (Å²) in [6.07, 6.45) is 1.61. The van der Waals surface area contributed by atoms with Gasteiger partial charge < -0.3 is 10.3 Å². The van der Waals surface area contributed by atoms with E-state index in [-0.39, 0.29) is 17.2 Å². The SMILES string of the molecule is Cc1cc2c(=O)[nH]c(SCC(=O)Nc3ccccn3)nc2s1. The van der Waals surface area contributed by atoms with Crippen LogP contribution in [0.3, 0.4) is 0 Å². The lowest BCUT2D eigenvalue weighted by Crippen LogP contribution is -2.16. The quantitative estimate of drug-likeness (QED) is 0.566. The number of aromatic nitrogens is 3. The molecular weight excluding hydrogens is 320 g/mol. The van der Waals surface area contributed by atoms with E-state index < -0.39 is 0 Å². The first-order valence-electron chi connectivity index (χ1n) is 6.46. The van der Waals surface area contributed by atoms with E-state index in [0.717, 1.165) is 4.88 Å². The van der Waals surface area contributed by atoms with Crippen molar-refractivity contribution in [2.75, 3.05) is 11.1 Å². The molecular formula is C14H12N4O2S2. The fraction of sp³-hybridized carbons (Fsp3) is 0.143. The molecule has 8 heteroatoms. The number of pyridine rings is 1. The van der Waals surface area contributed by atoms with E-state index in [0.29, 0.717) is 21.2 Å². The van der Waals surface area contributed by atoms with Crippen molar-refractivity contribution in [3.63, 3.8) is 0 Å². The summed E-state index contributed by atoms with van der Waals surface area (Å²) in [5.41, 5.74) is -0.179. The predicted molar refractivity (Wildman–Crippen MR) is 88.6 cm³/mol. The Balaban J connectivity index is 1.68. The van der Waals surface area contributed by atoms with Gasteiger partial charge in [-0.2, -0.15) is 0 Å². The van der Waals surface area contributed by atoms with Crippen LogP contribution in [0.2, 0.25) is 0 Å². The number of amides is 1. The van der Waals surface area contributed by atoms with Gasteiger partial charge >= 0.3 is 0 Å². The third-order valence-electron chi connectivity index (χ3n) is 2.78. The molecule has 0 unspecified atom stereocenters. The monoisotopic (exact) mass is 332 g/mol. The number of carbonyl (C=O) groups is 1. The second-order valence-electron chi connectivity index (χ2n) is 4.50. The minimum Gasteiger partial charge on any atom is -0.310 e. The number of nitrogens with zero attached hydrogens (tertiary/aromatic N) is 2. The minimum absolute atomic E-state index is 0.148. The Kier molecular flexibility index (Phi) is 4.21. The van der Waals surface area contributed by atoms with Gasteiger partial charge in [-0.1, -0.05) is 17.8 Å². The fourth-order valence-electron chi connectivity index (χ4n) is 1.85. The van der Waals surface area contributed by atoms with Crippen molar-refractivity contribution in [1.82, 2.24) is 15.0 Å². The number of H-pyrrole nitrogens is 1. The zero-order valence-electron chi connectivity index (χ0n) is 11.6. The number of anilines is 1. The smallest absolute Gasteiger partial charge is 0.260 e. The van der Waals surface area contributed by atoms with E-state index in [1.807, 2.05) is 13.0 Å². The zero-order valence-corrected chi connectivity index (χ0v) is 13.3. The number of hydrogen-bond acceptors (Lipinski definition) is 6. The van der Waals surface area contributed by atoms with Gasteiger partial charge in [-0.05, 0) is 25.1 Å². The first kappa shape index (κ1) is 14.7. The summed E-state index contributed by atoms with van der Waals surface area (Å²) in [6.45, 7) is 1.93. The van der Waals surface area contributed by atoms with E-state index in [4.69, 9.17) is 0 Å². The van der Waals surface area contributed by atoms with Crippen LogP contribution in [-0.4, -0.2) is 26.6 Å². The molecule has 0 aliphatic heterocycles. The number of carbonyl (C=O) groups excluding carboxylic acids is 1. The Morgan fingerprint density at radius 1 is 1.45 bits per heavy atom. The molecule has 0 fully saturated rings. The van der Waals surface area contributed by atoms with Crippen LogP contribution >= 0.6 is 23.1 Å². The molecule has 3 aromatic rings. The molecule has 0 aliphatic carbocycles. The van der Waals surface area contributed by atoms with Gasteiger partial charge in [0.1, 0.15) is 10.6 Å². The summed E-state index contributed by atoms with van der Waals surface area (Å²) >= 11 is 2.65. The summed E-state index contributed by atoms with van der Waals surface area (Å²) in [4.78, 5) is 36.6. The van der Waals surface area contributed by atoms with E-state index in [1.165, 1.54) is 23.1 Å². The maximum atomic E-state index is 11.9. The summed E-state index contributed by atoms with van der Waals surface area (Å²) in [5, 5.41) is 3.71. The lowest BCUT2D eigenvalue weighted by atomic mass is 10.4. The number of nitrogens with one attached hydrogen (secondary N) is 2. The Morgan fingerprint density at radius 3 is 3.09 bits per heavy atom. The highest BCUT2D eigenvalue weighted by Gasteiger charge is 2.09. The number of aromatic amines is 1. The predicted octanol–water partition coefficient (Wildman–Crippen LogP) is 2.42. The normalized spacial score (nSPS) is 10.8. The van der Waals surface area contributed by atoms with Crippen LogP contribution in [0.25, 0.3) is 10.2 Å². The van der Waals surface area contributed by atoms with Crippen molar-refractivity contribution in [1.29, 1.82) is 0 Å². The molecule has 3 aromatic heterocycles. The van der Waals surface area contributed by atoms with Crippen LogP contribution < -0.4 is 10.9 Å². The van der Waals surface area contributed by atoms with Crippen LogP contribution in [0.15, 0.2) is 40.4 Å². The molecule has 6 nitrogen and oxygen atoms in total. The van der Waals surface area contributed by atoms with Crippen LogP contribution in [-0.2, 0) is 4.79 Å². The maximum absolute atomic E-state index is 11.9. The second kappa shape index (κ2) is 6.29. The first-order chi connectivity index (χ1) is 10.6. The van der Waals surface area contributed by atoms with Crippen molar-refractivity contribution in [3.05, 3.63) is 45.7 Å². The molecule has 0 aliphatic rings. The summed E-state index contributed by atoms with van der Waals surface area (Å²) in [5.74, 6) is 0.447. The molecule has 0 radical (unpaired) electrons. The van der Waals surface area contributed by atoms with Crippen LogP contribution in [0.5, 0.6) is 0 Å². The number of fused-ring (bicyclic) bond motifs is 1. The fourth-order valence-corrected chi connectivity index (χ4v) is 3.45. The van der Waals surface area contributed by atoms with Crippen molar-refractivity contribution in [2.45, 2.75) is 12.1 Å². The van der Waals surface area contributed by atoms with Crippen LogP contribution in [0.1, 0.15) is 4.88 Å². The average Bonchev–Trinajstić information content (AvgIpc) is 2.87. The largest absolute Gasteiger partial charge is 0.310 e. The van der Waals surface area contributed by atoms with Crippen molar-refractivity contribution in [2.24, 2.45) is 0 Å². The summed E-state index contributed by atoms with van der Waals surface area (Å²) < 4.78 is 0. The summed E-state index contributed by atoms with van der Waals surface area (Å²) in [6, 6.07) is 7.09. The number of aryl methyl sites for hydroxylation is 1. The standard InChI is InChI=1S/C14H12N4O2S2/c1-8-6-9-12(20)17-14(18-13(9)22-8)21-7-11(19)16-10-4-2-3-5-15-10/h2-6H,7H2,1H3,(H,15,16,19)(H,17,18,20). The Labute approximate surface area is 134 Å². The first-order valence-corrected chi connectivity index (χ1v) is 8.26. The lowest BCUT2D eigenvalue weighted by Gasteiger charge is -2.03. The Morgan fingerprint density at radius 2 is 2.32 bits per heavy atom. The second-order valence-corrected chi connectivity index (χ2v) is 6.70.